The molecule has 14 heteroatoms. The summed E-state index contributed by atoms with van der Waals surface area (Å²) in [5.41, 5.74) is 2.83. The number of thioether (sulfide) groups is 1. The molecule has 0 fully saturated rings. The van der Waals surface area contributed by atoms with Crippen LogP contribution in [0.2, 0.25) is 0 Å². The Morgan fingerprint density at radius 1 is 1.20 bits per heavy atom. The van der Waals surface area contributed by atoms with Crippen molar-refractivity contribution in [3.8, 4) is 39.9 Å². The van der Waals surface area contributed by atoms with Crippen molar-refractivity contribution in [1.82, 2.24) is 25.5 Å². The van der Waals surface area contributed by atoms with Crippen molar-refractivity contribution >= 4 is 38.3 Å². The number of hydrogen-bond donors (Lipinski definition) is 3. The molecule has 0 amide bonds. The van der Waals surface area contributed by atoms with Crippen LogP contribution in [0.4, 0.5) is 0 Å². The summed E-state index contributed by atoms with van der Waals surface area (Å²) in [7, 11) is -0.835. The maximum absolute atomic E-state index is 11.7. The van der Waals surface area contributed by atoms with Crippen molar-refractivity contribution in [1.29, 1.82) is 0 Å². The molecule has 0 bridgehead atoms. The highest BCUT2D eigenvalue weighted by molar-refractivity contribution is 8.22. The normalized spacial score (nSPS) is 11.4. The lowest BCUT2D eigenvalue weighted by atomic mass is 10.1. The van der Waals surface area contributed by atoms with Crippen molar-refractivity contribution in [3.05, 3.63) is 54.2 Å². The zero-order valence-electron chi connectivity index (χ0n) is 18.5. The van der Waals surface area contributed by atoms with Crippen molar-refractivity contribution < 1.29 is 22.8 Å². The lowest BCUT2D eigenvalue weighted by molar-refractivity contribution is 0.0205. The molecular weight excluding hydrogens is 512 g/mol. The van der Waals surface area contributed by atoms with Gasteiger partial charge >= 0.3 is 0 Å². The predicted octanol–water partition coefficient (Wildman–Crippen LogP) is 3.29. The van der Waals surface area contributed by atoms with Gasteiger partial charge in [0.05, 0.1) is 12.0 Å². The Balaban J connectivity index is 1.78. The summed E-state index contributed by atoms with van der Waals surface area (Å²) in [6, 6.07) is 13.2. The van der Waals surface area contributed by atoms with Crippen LogP contribution < -0.4 is 9.88 Å². The number of rotatable bonds is 7. The minimum absolute atomic E-state index is 0.0196. The lowest BCUT2D eigenvalue weighted by Gasteiger charge is -2.09. The van der Waals surface area contributed by atoms with E-state index in [4.69, 9.17) is 26.5 Å². The second-order valence-electron chi connectivity index (χ2n) is 7.21. The number of thiocarbonyl (C=S) groups is 1. The number of ether oxygens (including phenoxy) is 1. The fraction of sp³-hybridized carbons (Fsp3) is 0.143. The van der Waals surface area contributed by atoms with Gasteiger partial charge in [0.25, 0.3) is 0 Å². The topological polar surface area (TPSA) is 160 Å². The lowest BCUT2D eigenvalue weighted by Crippen LogP contribution is -2.17. The molecule has 0 aliphatic carbocycles. The molecule has 2 heterocycles. The number of aromatic nitrogens is 4. The quantitative estimate of drug-likeness (QED) is 0.237. The van der Waals surface area contributed by atoms with E-state index in [-0.39, 0.29) is 15.1 Å². The molecule has 2 aromatic carbocycles. The highest BCUT2D eigenvalue weighted by atomic mass is 32.2. The minimum atomic E-state index is -3.84. The van der Waals surface area contributed by atoms with Gasteiger partial charge in [-0.25, -0.2) is 23.6 Å². The first-order chi connectivity index (χ1) is 16.7. The monoisotopic (exact) mass is 532 g/mol. The molecule has 4 aromatic rings. The van der Waals surface area contributed by atoms with Crippen LogP contribution in [0.25, 0.3) is 34.2 Å². The van der Waals surface area contributed by atoms with Crippen LogP contribution in [-0.2, 0) is 15.8 Å². The molecule has 182 valence electrons. The van der Waals surface area contributed by atoms with Crippen molar-refractivity contribution in [2.75, 3.05) is 14.2 Å². The van der Waals surface area contributed by atoms with Crippen LogP contribution in [0.1, 0.15) is 5.69 Å². The SMILES string of the molecule is COc1ccc(-c2nc(-c3[nH]nnc3CSC(=S)N(C)O)oc2-c2ccc(S(N)(=O)=O)cc2)cc1. The molecule has 2 aromatic heterocycles. The van der Waals surface area contributed by atoms with E-state index in [0.29, 0.717) is 39.9 Å². The third-order valence-electron chi connectivity index (χ3n) is 4.87. The van der Waals surface area contributed by atoms with Gasteiger partial charge in [0, 0.05) is 23.9 Å². The Bertz CT molecular complexity index is 1450. The standard InChI is InChI=1S/C21H20N6O5S3/c1-27(28)21(33)34-11-16-18(25-26-24-16)20-23-17(12-3-7-14(31-2)8-4-12)19(32-20)13-5-9-15(10-6-13)35(22,29)30/h3-10,28H,11H2,1-2H3,(H2,22,29,30)(H,24,25,26). The first-order valence-electron chi connectivity index (χ1n) is 9.95. The van der Waals surface area contributed by atoms with E-state index in [1.54, 1.807) is 31.4 Å². The number of nitrogens with two attached hydrogens (primary N) is 1. The maximum Gasteiger partial charge on any atom is 0.247 e. The van der Waals surface area contributed by atoms with Gasteiger partial charge in [-0.3, -0.25) is 10.3 Å². The Hall–Kier alpha value is -3.30. The molecule has 0 saturated heterocycles. The van der Waals surface area contributed by atoms with Gasteiger partial charge in [0.1, 0.15) is 22.8 Å². The number of nitrogens with one attached hydrogen (secondary N) is 1. The summed E-state index contributed by atoms with van der Waals surface area (Å²) in [6.07, 6.45) is 0. The number of benzene rings is 2. The second kappa shape index (κ2) is 10.1. The van der Waals surface area contributed by atoms with Gasteiger partial charge in [-0.1, -0.05) is 29.2 Å². The van der Waals surface area contributed by atoms with Crippen LogP contribution in [0, 0.1) is 0 Å². The average Bonchev–Trinajstić information content (AvgIpc) is 3.49. The minimum Gasteiger partial charge on any atom is -0.497 e. The van der Waals surface area contributed by atoms with Crippen LogP contribution in [0.3, 0.4) is 0 Å². The zero-order valence-corrected chi connectivity index (χ0v) is 20.9. The maximum atomic E-state index is 11.7. The summed E-state index contributed by atoms with van der Waals surface area (Å²) in [5.74, 6) is 1.63. The molecule has 0 atom stereocenters. The van der Waals surface area contributed by atoms with Gasteiger partial charge in [0.2, 0.25) is 15.9 Å². The van der Waals surface area contributed by atoms with E-state index in [1.165, 1.54) is 30.9 Å². The van der Waals surface area contributed by atoms with Gasteiger partial charge in [0.15, 0.2) is 10.1 Å². The number of aromatic amines is 1. The molecular formula is C21H20N6O5S3. The molecule has 0 spiro atoms. The van der Waals surface area contributed by atoms with E-state index in [1.807, 2.05) is 12.1 Å². The zero-order chi connectivity index (χ0) is 25.2. The Kier molecular flexibility index (Phi) is 7.18. The number of nitrogens with zero attached hydrogens (tertiary/aromatic N) is 4. The largest absolute Gasteiger partial charge is 0.497 e. The number of primary sulfonamides is 1. The van der Waals surface area contributed by atoms with Crippen LogP contribution in [0.5, 0.6) is 5.75 Å². The summed E-state index contributed by atoms with van der Waals surface area (Å²) < 4.78 is 35.0. The highest BCUT2D eigenvalue weighted by Crippen LogP contribution is 2.37. The Morgan fingerprint density at radius 3 is 2.46 bits per heavy atom. The van der Waals surface area contributed by atoms with Crippen molar-refractivity contribution in [2.24, 2.45) is 5.14 Å². The van der Waals surface area contributed by atoms with Gasteiger partial charge in [-0.05, 0) is 48.5 Å². The molecule has 4 N–H and O–H groups in total. The third-order valence-corrected chi connectivity index (χ3v) is 7.34. The molecule has 0 aliphatic rings. The van der Waals surface area contributed by atoms with Crippen LogP contribution >= 0.6 is 24.0 Å². The summed E-state index contributed by atoms with van der Waals surface area (Å²) in [5, 5.41) is 26.3. The first-order valence-corrected chi connectivity index (χ1v) is 12.9. The second-order valence-corrected chi connectivity index (χ2v) is 10.4. The van der Waals surface area contributed by atoms with Crippen LogP contribution in [0.15, 0.2) is 57.8 Å². The first kappa shape index (κ1) is 24.8. The van der Waals surface area contributed by atoms with Crippen molar-refractivity contribution in [2.45, 2.75) is 10.6 Å². The highest BCUT2D eigenvalue weighted by Gasteiger charge is 2.23. The van der Waals surface area contributed by atoms with E-state index >= 15 is 0 Å². The fourth-order valence-electron chi connectivity index (χ4n) is 3.11. The van der Waals surface area contributed by atoms with Crippen molar-refractivity contribution in [3.63, 3.8) is 0 Å². The Labute approximate surface area is 210 Å². The molecule has 0 unspecified atom stereocenters. The molecule has 0 radical (unpaired) electrons. The van der Waals surface area contributed by atoms with E-state index in [0.717, 1.165) is 10.6 Å². The number of oxazole rings is 1. The van der Waals surface area contributed by atoms with Gasteiger partial charge in [-0.2, -0.15) is 0 Å². The molecule has 0 aliphatic heterocycles. The number of methoxy groups -OCH3 is 1. The Morgan fingerprint density at radius 2 is 1.86 bits per heavy atom. The van der Waals surface area contributed by atoms with Gasteiger partial charge in [-0.15, -0.1) is 5.10 Å². The number of H-pyrrole nitrogens is 1. The average molecular weight is 533 g/mol. The molecule has 35 heavy (non-hydrogen) atoms. The predicted molar refractivity (Wildman–Crippen MR) is 134 cm³/mol. The fourth-order valence-corrected chi connectivity index (χ4v) is 4.45. The number of hydroxylamine groups is 2. The van der Waals surface area contributed by atoms with Gasteiger partial charge < -0.3 is 9.15 Å². The summed E-state index contributed by atoms with van der Waals surface area (Å²) in [4.78, 5) is 4.67. The molecule has 11 nitrogen and oxygen atoms in total. The molecule has 0 saturated carbocycles. The van der Waals surface area contributed by atoms with E-state index in [9.17, 15) is 13.6 Å². The van der Waals surface area contributed by atoms with E-state index < -0.39 is 10.0 Å². The van der Waals surface area contributed by atoms with E-state index in [2.05, 4.69) is 20.4 Å². The molecule has 4 rings (SSSR count). The van der Waals surface area contributed by atoms with Crippen LogP contribution in [-0.4, -0.2) is 57.6 Å². The number of hydrogen-bond acceptors (Lipinski definition) is 10. The number of sulfonamides is 1. The smallest absolute Gasteiger partial charge is 0.247 e. The summed E-state index contributed by atoms with van der Waals surface area (Å²) >= 11 is 6.30. The third kappa shape index (κ3) is 5.52. The summed E-state index contributed by atoms with van der Waals surface area (Å²) in [6.45, 7) is 0.